The number of hydrogen-bond donors (Lipinski definition) is 1. The first-order valence-electron chi connectivity index (χ1n) is 12.6. The molecule has 0 bridgehead atoms. The summed E-state index contributed by atoms with van der Waals surface area (Å²) < 4.78 is 3.38. The molecule has 0 unspecified atom stereocenters. The van der Waals surface area contributed by atoms with Crippen molar-refractivity contribution in [1.29, 1.82) is 0 Å². The second kappa shape index (κ2) is 10.7. The number of ketones is 1. The SMILES string of the molecule is Cc1ncc(Cl)cc1C(=O)NC1CCC(Cn2c(=O)n(CC(=O)c3ccccc3)c3ccccc32)CC1. The minimum absolute atomic E-state index is 0.00685. The van der Waals surface area contributed by atoms with E-state index in [1.165, 1.54) is 6.20 Å². The average Bonchev–Trinajstić information content (AvgIpc) is 3.17. The van der Waals surface area contributed by atoms with Crippen molar-refractivity contribution in [1.82, 2.24) is 19.4 Å². The van der Waals surface area contributed by atoms with Gasteiger partial charge >= 0.3 is 5.69 Å². The fourth-order valence-electron chi connectivity index (χ4n) is 5.21. The van der Waals surface area contributed by atoms with Gasteiger partial charge in [-0.05, 0) is 56.7 Å². The summed E-state index contributed by atoms with van der Waals surface area (Å²) in [6, 6.07) is 18.4. The molecule has 1 saturated carbocycles. The van der Waals surface area contributed by atoms with Crippen LogP contribution >= 0.6 is 11.6 Å². The van der Waals surface area contributed by atoms with Crippen molar-refractivity contribution in [3.8, 4) is 0 Å². The number of fused-ring (bicyclic) bond motifs is 1. The van der Waals surface area contributed by atoms with Gasteiger partial charge in [-0.1, -0.05) is 54.1 Å². The van der Waals surface area contributed by atoms with Crippen molar-refractivity contribution in [2.24, 2.45) is 5.92 Å². The minimum Gasteiger partial charge on any atom is -0.349 e. The molecule has 0 radical (unpaired) electrons. The molecule has 2 aromatic carbocycles. The van der Waals surface area contributed by atoms with Crippen LogP contribution in [0.5, 0.6) is 0 Å². The van der Waals surface area contributed by atoms with E-state index < -0.39 is 0 Å². The van der Waals surface area contributed by atoms with Crippen LogP contribution in [0, 0.1) is 12.8 Å². The number of nitrogens with zero attached hydrogens (tertiary/aromatic N) is 3. The Morgan fingerprint density at radius 1 is 0.973 bits per heavy atom. The van der Waals surface area contributed by atoms with Gasteiger partial charge in [0.1, 0.15) is 0 Å². The summed E-state index contributed by atoms with van der Waals surface area (Å²) >= 11 is 6.02. The van der Waals surface area contributed by atoms with Gasteiger partial charge in [0.15, 0.2) is 5.78 Å². The van der Waals surface area contributed by atoms with Crippen LogP contribution in [0.3, 0.4) is 0 Å². The Morgan fingerprint density at radius 3 is 2.32 bits per heavy atom. The molecule has 0 saturated heterocycles. The number of halogens is 1. The quantitative estimate of drug-likeness (QED) is 0.349. The van der Waals surface area contributed by atoms with Crippen molar-refractivity contribution in [2.75, 3.05) is 0 Å². The molecule has 2 heterocycles. The van der Waals surface area contributed by atoms with Crippen LogP contribution in [0.15, 0.2) is 71.7 Å². The van der Waals surface area contributed by atoms with E-state index in [4.69, 9.17) is 11.6 Å². The molecular weight excluding hydrogens is 488 g/mol. The molecule has 1 aliphatic rings. The molecule has 37 heavy (non-hydrogen) atoms. The van der Waals surface area contributed by atoms with Crippen LogP contribution in [-0.2, 0) is 13.1 Å². The zero-order chi connectivity index (χ0) is 25.9. The summed E-state index contributed by atoms with van der Waals surface area (Å²) in [6.07, 6.45) is 5.00. The number of pyridine rings is 1. The summed E-state index contributed by atoms with van der Waals surface area (Å²) in [5.74, 6) is 0.0646. The van der Waals surface area contributed by atoms with Crippen LogP contribution < -0.4 is 11.0 Å². The van der Waals surface area contributed by atoms with E-state index in [0.29, 0.717) is 34.3 Å². The molecule has 0 aliphatic heterocycles. The molecule has 8 heteroatoms. The monoisotopic (exact) mass is 516 g/mol. The Kier molecular flexibility index (Phi) is 7.24. The summed E-state index contributed by atoms with van der Waals surface area (Å²) in [7, 11) is 0. The zero-order valence-electron chi connectivity index (χ0n) is 20.7. The summed E-state index contributed by atoms with van der Waals surface area (Å²) in [5, 5.41) is 3.56. The lowest BCUT2D eigenvalue weighted by Gasteiger charge is -2.29. The number of Topliss-reactive ketones (excluding diaryl/α,β-unsaturated/α-hetero) is 1. The first kappa shape index (κ1) is 25.0. The number of para-hydroxylation sites is 2. The van der Waals surface area contributed by atoms with E-state index >= 15 is 0 Å². The van der Waals surface area contributed by atoms with Gasteiger partial charge < -0.3 is 5.32 Å². The average molecular weight is 517 g/mol. The molecule has 0 spiro atoms. The lowest BCUT2D eigenvalue weighted by Crippen LogP contribution is -2.39. The number of hydrogen-bond acceptors (Lipinski definition) is 4. The van der Waals surface area contributed by atoms with E-state index in [9.17, 15) is 14.4 Å². The number of carbonyl (C=O) groups excluding carboxylic acids is 2. The van der Waals surface area contributed by atoms with Crippen molar-refractivity contribution >= 4 is 34.3 Å². The summed E-state index contributed by atoms with van der Waals surface area (Å²) in [6.45, 7) is 2.39. The molecule has 4 aromatic rings. The second-order valence-corrected chi connectivity index (χ2v) is 10.2. The number of nitrogens with one attached hydrogen (secondary N) is 1. The topological polar surface area (TPSA) is 86.0 Å². The van der Waals surface area contributed by atoms with E-state index in [1.54, 1.807) is 34.3 Å². The van der Waals surface area contributed by atoms with Crippen molar-refractivity contribution in [2.45, 2.75) is 51.7 Å². The third-order valence-corrected chi connectivity index (χ3v) is 7.45. The Hall–Kier alpha value is -3.71. The molecule has 2 aromatic heterocycles. The summed E-state index contributed by atoms with van der Waals surface area (Å²) in [5.41, 5.74) is 3.19. The van der Waals surface area contributed by atoms with Gasteiger partial charge in [0, 0.05) is 24.3 Å². The lowest BCUT2D eigenvalue weighted by molar-refractivity contribution is 0.0917. The number of aryl methyl sites for hydroxylation is 1. The first-order chi connectivity index (χ1) is 17.9. The van der Waals surface area contributed by atoms with Gasteiger partial charge in [0.25, 0.3) is 5.91 Å². The highest BCUT2D eigenvalue weighted by Gasteiger charge is 2.26. The van der Waals surface area contributed by atoms with Crippen molar-refractivity contribution in [3.63, 3.8) is 0 Å². The Bertz CT molecular complexity index is 1500. The highest BCUT2D eigenvalue weighted by molar-refractivity contribution is 6.30. The molecule has 190 valence electrons. The van der Waals surface area contributed by atoms with Crippen molar-refractivity contribution in [3.05, 3.63) is 99.2 Å². The Morgan fingerprint density at radius 2 is 1.62 bits per heavy atom. The number of amides is 1. The predicted octanol–water partition coefficient (Wildman–Crippen LogP) is 5.03. The van der Waals surface area contributed by atoms with Gasteiger partial charge in [-0.15, -0.1) is 0 Å². The number of imidazole rings is 1. The van der Waals surface area contributed by atoms with Crippen LogP contribution in [-0.4, -0.2) is 31.9 Å². The smallest absolute Gasteiger partial charge is 0.329 e. The van der Waals surface area contributed by atoms with Crippen LogP contribution in [0.4, 0.5) is 0 Å². The van der Waals surface area contributed by atoms with Gasteiger partial charge in [-0.2, -0.15) is 0 Å². The fraction of sp³-hybridized carbons (Fsp3) is 0.310. The molecule has 1 aliphatic carbocycles. The van der Waals surface area contributed by atoms with Crippen LogP contribution in [0.2, 0.25) is 5.02 Å². The fourth-order valence-corrected chi connectivity index (χ4v) is 5.37. The minimum atomic E-state index is -0.162. The van der Waals surface area contributed by atoms with Gasteiger partial charge in [0.05, 0.1) is 33.9 Å². The van der Waals surface area contributed by atoms with Gasteiger partial charge in [0.2, 0.25) is 0 Å². The third-order valence-electron chi connectivity index (χ3n) is 7.24. The molecule has 1 N–H and O–H groups in total. The number of rotatable bonds is 7. The molecule has 1 amide bonds. The van der Waals surface area contributed by atoms with Gasteiger partial charge in [-0.25, -0.2) is 4.79 Å². The summed E-state index contributed by atoms with van der Waals surface area (Å²) in [4.78, 5) is 43.2. The standard InChI is InChI=1S/C29H29ClN4O3/c1-19-24(15-22(30)16-31-19)28(36)32-23-13-11-20(12-14-23)17-33-25-9-5-6-10-26(25)34(29(33)37)18-27(35)21-7-3-2-4-8-21/h2-10,15-16,20,23H,11-14,17-18H2,1H3,(H,32,36). The molecular formula is C29H29ClN4O3. The number of aromatic nitrogens is 3. The van der Waals surface area contributed by atoms with Crippen molar-refractivity contribution < 1.29 is 9.59 Å². The van der Waals surface area contributed by atoms with Crippen LogP contribution in [0.25, 0.3) is 11.0 Å². The molecule has 5 rings (SSSR count). The normalized spacial score (nSPS) is 17.6. The van der Waals surface area contributed by atoms with Crippen LogP contribution in [0.1, 0.15) is 52.1 Å². The zero-order valence-corrected chi connectivity index (χ0v) is 21.4. The lowest BCUT2D eigenvalue weighted by atomic mass is 9.85. The number of carbonyl (C=O) groups is 2. The van der Waals surface area contributed by atoms with E-state index in [1.807, 2.05) is 42.5 Å². The molecule has 0 atom stereocenters. The third kappa shape index (κ3) is 5.37. The molecule has 1 fully saturated rings. The Balaban J connectivity index is 1.27. The second-order valence-electron chi connectivity index (χ2n) is 9.73. The van der Waals surface area contributed by atoms with E-state index in [2.05, 4.69) is 10.3 Å². The Labute approximate surface area is 220 Å². The van der Waals surface area contributed by atoms with E-state index in [0.717, 1.165) is 36.7 Å². The van der Waals surface area contributed by atoms with E-state index in [-0.39, 0.29) is 30.0 Å². The molecule has 7 nitrogen and oxygen atoms in total. The number of benzene rings is 2. The maximum absolute atomic E-state index is 13.5. The maximum Gasteiger partial charge on any atom is 0.329 e. The predicted molar refractivity (Wildman–Crippen MR) is 144 cm³/mol. The first-order valence-corrected chi connectivity index (χ1v) is 13.0. The highest BCUT2D eigenvalue weighted by atomic mass is 35.5. The largest absolute Gasteiger partial charge is 0.349 e. The highest BCUT2D eigenvalue weighted by Crippen LogP contribution is 2.27. The van der Waals surface area contributed by atoms with Gasteiger partial charge in [-0.3, -0.25) is 23.7 Å². The maximum atomic E-state index is 13.5.